The summed E-state index contributed by atoms with van der Waals surface area (Å²) in [5.41, 5.74) is 2.35. The van der Waals surface area contributed by atoms with Crippen molar-refractivity contribution < 1.29 is 4.74 Å². The monoisotopic (exact) mass is 381 g/mol. The van der Waals surface area contributed by atoms with Crippen LogP contribution in [-0.4, -0.2) is 40.7 Å². The fraction of sp³-hybridized carbons (Fsp3) is 0.455. The number of likely N-dealkylation sites (tertiary alicyclic amines) is 1. The highest BCUT2D eigenvalue weighted by atomic mass is 16.5. The first-order valence-corrected chi connectivity index (χ1v) is 9.79. The molecule has 0 aliphatic carbocycles. The predicted octanol–water partition coefficient (Wildman–Crippen LogP) is 1.88. The smallest absolute Gasteiger partial charge is 0.330 e. The Kier molecular flexibility index (Phi) is 6.85. The minimum atomic E-state index is -0.444. The van der Waals surface area contributed by atoms with Gasteiger partial charge in [0.1, 0.15) is 6.73 Å². The van der Waals surface area contributed by atoms with Crippen LogP contribution in [0.25, 0.3) is 0 Å². The molecule has 6 heteroatoms. The highest BCUT2D eigenvalue weighted by Gasteiger charge is 2.13. The Bertz CT molecular complexity index is 989. The molecule has 0 radical (unpaired) electrons. The molecule has 0 spiro atoms. The maximum absolute atomic E-state index is 12.2. The van der Waals surface area contributed by atoms with E-state index in [2.05, 4.69) is 21.7 Å². The number of aromatic amines is 1. The number of ether oxygens (including phenoxy) is 1. The zero-order valence-corrected chi connectivity index (χ0v) is 16.6. The molecule has 2 heterocycles. The molecule has 1 aromatic carbocycles. The van der Waals surface area contributed by atoms with Crippen LogP contribution >= 0.6 is 0 Å². The number of nitrogens with zero attached hydrogens (tertiary/aromatic N) is 2. The lowest BCUT2D eigenvalue weighted by Gasteiger charge is -2.14. The van der Waals surface area contributed by atoms with Gasteiger partial charge in [-0.05, 0) is 57.5 Å². The van der Waals surface area contributed by atoms with Crippen molar-refractivity contribution in [1.82, 2.24) is 14.5 Å². The van der Waals surface area contributed by atoms with E-state index in [1.807, 2.05) is 31.2 Å². The van der Waals surface area contributed by atoms with Crippen LogP contribution in [0.4, 0.5) is 0 Å². The second-order valence-electron chi connectivity index (χ2n) is 7.04. The van der Waals surface area contributed by atoms with Crippen LogP contribution in [0.5, 0.6) is 0 Å². The first-order valence-electron chi connectivity index (χ1n) is 9.79. The Morgan fingerprint density at radius 2 is 2.00 bits per heavy atom. The van der Waals surface area contributed by atoms with Crippen LogP contribution < -0.4 is 11.2 Å². The molecule has 3 rings (SSSR count). The Balaban J connectivity index is 1.83. The molecule has 6 nitrogen and oxygen atoms in total. The van der Waals surface area contributed by atoms with Gasteiger partial charge in [-0.15, -0.1) is 0 Å². The summed E-state index contributed by atoms with van der Waals surface area (Å²) < 4.78 is 6.91. The Morgan fingerprint density at radius 1 is 1.21 bits per heavy atom. The topological polar surface area (TPSA) is 67.3 Å². The molecular formula is C22H27N3O3. The number of hydrogen-bond donors (Lipinski definition) is 1. The van der Waals surface area contributed by atoms with Crippen LogP contribution in [0.1, 0.15) is 42.1 Å². The fourth-order valence-electron chi connectivity index (χ4n) is 3.41. The molecule has 1 N–H and O–H groups in total. The Labute approximate surface area is 165 Å². The van der Waals surface area contributed by atoms with E-state index in [1.165, 1.54) is 17.4 Å². The fourth-order valence-corrected chi connectivity index (χ4v) is 3.41. The zero-order valence-electron chi connectivity index (χ0n) is 16.6. The molecule has 28 heavy (non-hydrogen) atoms. The largest absolute Gasteiger partial charge is 0.361 e. The highest BCUT2D eigenvalue weighted by Crippen LogP contribution is 2.12. The Hall–Kier alpha value is -2.62. The van der Waals surface area contributed by atoms with Crippen LogP contribution in [0.15, 0.2) is 33.9 Å². The SMILES string of the molecule is CCOCn1c(Cc2cccc(C#CCN3CCCC3)c2)c(C)c(=O)[nH]c1=O. The number of aromatic nitrogens is 2. The zero-order chi connectivity index (χ0) is 19.9. The summed E-state index contributed by atoms with van der Waals surface area (Å²) in [7, 11) is 0. The summed E-state index contributed by atoms with van der Waals surface area (Å²) in [6.07, 6.45) is 2.99. The molecule has 0 saturated carbocycles. The number of H-pyrrole nitrogens is 1. The third kappa shape index (κ3) is 5.00. The molecule has 0 unspecified atom stereocenters. The highest BCUT2D eigenvalue weighted by molar-refractivity contribution is 5.39. The minimum absolute atomic E-state index is 0.123. The van der Waals surface area contributed by atoms with E-state index < -0.39 is 5.69 Å². The van der Waals surface area contributed by atoms with E-state index in [0.717, 1.165) is 30.8 Å². The molecule has 1 fully saturated rings. The summed E-state index contributed by atoms with van der Waals surface area (Å²) in [6, 6.07) is 7.95. The molecule has 148 valence electrons. The van der Waals surface area contributed by atoms with Gasteiger partial charge in [0, 0.05) is 29.8 Å². The van der Waals surface area contributed by atoms with Gasteiger partial charge in [-0.25, -0.2) is 4.79 Å². The van der Waals surface area contributed by atoms with E-state index >= 15 is 0 Å². The lowest BCUT2D eigenvalue weighted by Crippen LogP contribution is -2.35. The molecule has 1 aromatic heterocycles. The number of benzene rings is 1. The second-order valence-corrected chi connectivity index (χ2v) is 7.04. The van der Waals surface area contributed by atoms with E-state index in [1.54, 1.807) is 6.92 Å². The standard InChI is InChI=1S/C22H27N3O3/c1-3-28-16-25-20(17(2)21(26)23-22(25)27)15-19-9-6-8-18(14-19)10-7-13-24-11-4-5-12-24/h6,8-9,14H,3-5,11-13,15-16H2,1-2H3,(H,23,26,27). The third-order valence-electron chi connectivity index (χ3n) is 5.02. The Morgan fingerprint density at radius 3 is 2.75 bits per heavy atom. The van der Waals surface area contributed by atoms with Gasteiger partial charge in [-0.2, -0.15) is 0 Å². The van der Waals surface area contributed by atoms with Gasteiger partial charge in [0.2, 0.25) is 0 Å². The van der Waals surface area contributed by atoms with E-state index in [-0.39, 0.29) is 12.3 Å². The molecule has 0 bridgehead atoms. The van der Waals surface area contributed by atoms with Crippen molar-refractivity contribution in [2.24, 2.45) is 0 Å². The summed E-state index contributed by atoms with van der Waals surface area (Å²) in [5, 5.41) is 0. The molecule has 2 aromatic rings. The van der Waals surface area contributed by atoms with Crippen LogP contribution in [0.3, 0.4) is 0 Å². The van der Waals surface area contributed by atoms with Crippen molar-refractivity contribution in [3.63, 3.8) is 0 Å². The second kappa shape index (κ2) is 9.54. The van der Waals surface area contributed by atoms with Gasteiger partial charge < -0.3 is 4.74 Å². The van der Waals surface area contributed by atoms with E-state index in [9.17, 15) is 9.59 Å². The van der Waals surface area contributed by atoms with Crippen molar-refractivity contribution >= 4 is 0 Å². The van der Waals surface area contributed by atoms with Crippen molar-refractivity contribution in [2.45, 2.75) is 39.8 Å². The third-order valence-corrected chi connectivity index (χ3v) is 5.02. The lowest BCUT2D eigenvalue weighted by molar-refractivity contribution is 0.0822. The molecule has 1 aliphatic heterocycles. The molecule has 1 saturated heterocycles. The van der Waals surface area contributed by atoms with Crippen LogP contribution in [0, 0.1) is 18.8 Å². The summed E-state index contributed by atoms with van der Waals surface area (Å²) >= 11 is 0. The van der Waals surface area contributed by atoms with Crippen LogP contribution in [-0.2, 0) is 17.9 Å². The van der Waals surface area contributed by atoms with Crippen molar-refractivity contribution in [3.8, 4) is 11.8 Å². The van der Waals surface area contributed by atoms with E-state index in [0.29, 0.717) is 24.3 Å². The van der Waals surface area contributed by atoms with Crippen LogP contribution in [0.2, 0.25) is 0 Å². The first-order chi connectivity index (χ1) is 13.6. The summed E-state index contributed by atoms with van der Waals surface area (Å²) in [4.78, 5) is 29.0. The van der Waals surface area contributed by atoms with Gasteiger partial charge in [-0.1, -0.05) is 24.0 Å². The summed E-state index contributed by atoms with van der Waals surface area (Å²) in [5.74, 6) is 6.48. The number of rotatable bonds is 6. The van der Waals surface area contributed by atoms with Crippen molar-refractivity contribution in [1.29, 1.82) is 0 Å². The van der Waals surface area contributed by atoms with Gasteiger partial charge in [0.15, 0.2) is 0 Å². The molecule has 1 aliphatic rings. The first kappa shape index (κ1) is 20.1. The number of hydrogen-bond acceptors (Lipinski definition) is 4. The average Bonchev–Trinajstić information content (AvgIpc) is 3.19. The van der Waals surface area contributed by atoms with Gasteiger partial charge >= 0.3 is 5.69 Å². The summed E-state index contributed by atoms with van der Waals surface area (Å²) in [6.45, 7) is 7.28. The van der Waals surface area contributed by atoms with Gasteiger partial charge in [0.25, 0.3) is 5.56 Å². The quantitative estimate of drug-likeness (QED) is 0.776. The molecule has 0 atom stereocenters. The van der Waals surface area contributed by atoms with Gasteiger partial charge in [0.05, 0.1) is 6.54 Å². The minimum Gasteiger partial charge on any atom is -0.361 e. The van der Waals surface area contributed by atoms with Crippen molar-refractivity contribution in [2.75, 3.05) is 26.2 Å². The van der Waals surface area contributed by atoms with Gasteiger partial charge in [-0.3, -0.25) is 19.2 Å². The van der Waals surface area contributed by atoms with E-state index in [4.69, 9.17) is 4.74 Å². The normalized spacial score (nSPS) is 14.1. The maximum Gasteiger partial charge on any atom is 0.330 e. The average molecular weight is 381 g/mol. The predicted molar refractivity (Wildman–Crippen MR) is 109 cm³/mol. The van der Waals surface area contributed by atoms with Crippen molar-refractivity contribution in [3.05, 3.63) is 67.5 Å². The molecular weight excluding hydrogens is 354 g/mol. The maximum atomic E-state index is 12.2. The number of nitrogens with one attached hydrogen (secondary N) is 1. The molecule has 0 amide bonds. The lowest BCUT2D eigenvalue weighted by atomic mass is 10.0.